The molecule has 2 rings (SSSR count). The van der Waals surface area contributed by atoms with Crippen LogP contribution >= 0.6 is 0 Å². The van der Waals surface area contributed by atoms with Crippen molar-refractivity contribution < 1.29 is 8.42 Å². The first-order valence-corrected chi connectivity index (χ1v) is 6.86. The summed E-state index contributed by atoms with van der Waals surface area (Å²) in [5.41, 5.74) is 2.44. The van der Waals surface area contributed by atoms with Crippen LogP contribution in [0.5, 0.6) is 0 Å². The third-order valence-electron chi connectivity index (χ3n) is 2.93. The van der Waals surface area contributed by atoms with Gasteiger partial charge in [0.05, 0.1) is 5.75 Å². The molecule has 1 aromatic carbocycles. The molecule has 0 aliphatic heterocycles. The van der Waals surface area contributed by atoms with Crippen LogP contribution in [-0.2, 0) is 16.4 Å². The molecule has 0 bridgehead atoms. The van der Waals surface area contributed by atoms with Crippen LogP contribution in [0.15, 0.2) is 24.3 Å². The number of primary sulfonamides is 1. The number of hydrogen-bond acceptors (Lipinski definition) is 2. The fraction of sp³-hybridized carbons (Fsp3) is 0.455. The van der Waals surface area contributed by atoms with Gasteiger partial charge in [-0.3, -0.25) is 0 Å². The van der Waals surface area contributed by atoms with E-state index in [1.807, 2.05) is 18.2 Å². The number of benzene rings is 1. The van der Waals surface area contributed by atoms with Crippen molar-refractivity contribution in [3.63, 3.8) is 0 Å². The summed E-state index contributed by atoms with van der Waals surface area (Å²) >= 11 is 0. The Morgan fingerprint density at radius 1 is 1.33 bits per heavy atom. The van der Waals surface area contributed by atoms with E-state index in [9.17, 15) is 8.42 Å². The highest BCUT2D eigenvalue weighted by atomic mass is 32.2. The third kappa shape index (κ3) is 2.58. The number of rotatable bonds is 2. The van der Waals surface area contributed by atoms with Gasteiger partial charge in [-0.25, -0.2) is 13.6 Å². The van der Waals surface area contributed by atoms with Crippen LogP contribution in [0, 0.1) is 0 Å². The summed E-state index contributed by atoms with van der Waals surface area (Å²) in [6, 6.07) is 8.05. The van der Waals surface area contributed by atoms with Crippen molar-refractivity contribution in [1.82, 2.24) is 0 Å². The fourth-order valence-corrected chi connectivity index (χ4v) is 3.22. The predicted octanol–water partition coefficient (Wildman–Crippen LogP) is 1.40. The van der Waals surface area contributed by atoms with Gasteiger partial charge in [0.1, 0.15) is 0 Å². The largest absolute Gasteiger partial charge is 0.229 e. The Bertz CT molecular complexity index is 453. The molecule has 0 radical (unpaired) electrons. The highest BCUT2D eigenvalue weighted by molar-refractivity contribution is 7.89. The number of nitrogens with two attached hydrogens (primary N) is 1. The molecule has 0 saturated carbocycles. The second-order valence-corrected chi connectivity index (χ2v) is 5.78. The number of aryl methyl sites for hydroxylation is 1. The Balaban J connectivity index is 2.30. The van der Waals surface area contributed by atoms with E-state index < -0.39 is 10.0 Å². The lowest BCUT2D eigenvalue weighted by Crippen LogP contribution is -2.24. The first-order valence-electron chi connectivity index (χ1n) is 5.14. The molecule has 0 aromatic heterocycles. The minimum absolute atomic E-state index is 0.0734. The smallest absolute Gasteiger partial charge is 0.209 e. The Labute approximate surface area is 90.4 Å². The van der Waals surface area contributed by atoms with Crippen LogP contribution in [0.1, 0.15) is 29.9 Å². The summed E-state index contributed by atoms with van der Waals surface area (Å²) in [5.74, 6) is 0.161. The van der Waals surface area contributed by atoms with Crippen molar-refractivity contribution in [2.45, 2.75) is 25.2 Å². The molecule has 1 aliphatic rings. The molecule has 0 fully saturated rings. The summed E-state index contributed by atoms with van der Waals surface area (Å²) < 4.78 is 22.2. The minimum Gasteiger partial charge on any atom is -0.229 e. The fourth-order valence-electron chi connectivity index (χ4n) is 2.31. The standard InChI is InChI=1S/C11H15NO2S/c12-15(13,14)8-10-6-3-5-9-4-1-2-7-11(9)10/h1-2,4,7,10H,3,5-6,8H2,(H2,12,13,14). The zero-order chi connectivity index (χ0) is 10.9. The van der Waals surface area contributed by atoms with E-state index in [1.165, 1.54) is 5.56 Å². The van der Waals surface area contributed by atoms with Gasteiger partial charge >= 0.3 is 0 Å². The van der Waals surface area contributed by atoms with Gasteiger partial charge in [-0.2, -0.15) is 0 Å². The number of sulfonamides is 1. The van der Waals surface area contributed by atoms with Crippen molar-refractivity contribution in [2.75, 3.05) is 5.75 Å². The van der Waals surface area contributed by atoms with Gasteiger partial charge in [0.25, 0.3) is 0 Å². The van der Waals surface area contributed by atoms with Crippen LogP contribution in [0.25, 0.3) is 0 Å². The van der Waals surface area contributed by atoms with Gasteiger partial charge in [-0.15, -0.1) is 0 Å². The third-order valence-corrected chi connectivity index (χ3v) is 3.79. The molecule has 1 atom stereocenters. The van der Waals surface area contributed by atoms with E-state index >= 15 is 0 Å². The Kier molecular flexibility index (Phi) is 2.80. The van der Waals surface area contributed by atoms with Crippen molar-refractivity contribution in [3.8, 4) is 0 Å². The Hall–Kier alpha value is -0.870. The lowest BCUT2D eigenvalue weighted by Gasteiger charge is -2.24. The van der Waals surface area contributed by atoms with E-state index in [0.717, 1.165) is 24.8 Å². The summed E-state index contributed by atoms with van der Waals surface area (Å²) in [6.07, 6.45) is 3.03. The van der Waals surface area contributed by atoms with Crippen molar-refractivity contribution in [1.29, 1.82) is 0 Å². The molecule has 3 nitrogen and oxygen atoms in total. The first-order chi connectivity index (χ1) is 7.06. The van der Waals surface area contributed by atoms with Crippen LogP contribution in [0.2, 0.25) is 0 Å². The van der Waals surface area contributed by atoms with Crippen molar-refractivity contribution in [3.05, 3.63) is 35.4 Å². The maximum atomic E-state index is 11.1. The quantitative estimate of drug-likeness (QED) is 0.827. The minimum atomic E-state index is -3.37. The van der Waals surface area contributed by atoms with Crippen LogP contribution < -0.4 is 5.14 Å². The van der Waals surface area contributed by atoms with Gasteiger partial charge in [-0.05, 0) is 36.3 Å². The molecular weight excluding hydrogens is 210 g/mol. The predicted molar refractivity (Wildman–Crippen MR) is 60.1 cm³/mol. The molecule has 4 heteroatoms. The second-order valence-electron chi connectivity index (χ2n) is 4.12. The summed E-state index contributed by atoms with van der Waals surface area (Å²) in [5, 5.41) is 5.10. The van der Waals surface area contributed by atoms with E-state index in [1.54, 1.807) is 0 Å². The van der Waals surface area contributed by atoms with Crippen LogP contribution in [-0.4, -0.2) is 14.2 Å². The average Bonchev–Trinajstić information content (AvgIpc) is 2.16. The SMILES string of the molecule is NS(=O)(=O)CC1CCCc2ccccc21. The van der Waals surface area contributed by atoms with Gasteiger partial charge in [0, 0.05) is 0 Å². The highest BCUT2D eigenvalue weighted by Crippen LogP contribution is 2.31. The molecule has 0 saturated heterocycles. The van der Waals surface area contributed by atoms with E-state index in [-0.39, 0.29) is 11.7 Å². The maximum absolute atomic E-state index is 11.1. The molecule has 1 aromatic rings. The average molecular weight is 225 g/mol. The number of hydrogen-bond donors (Lipinski definition) is 1. The van der Waals surface area contributed by atoms with E-state index in [4.69, 9.17) is 5.14 Å². The molecule has 15 heavy (non-hydrogen) atoms. The molecule has 0 amide bonds. The van der Waals surface area contributed by atoms with Crippen molar-refractivity contribution in [2.24, 2.45) is 5.14 Å². The van der Waals surface area contributed by atoms with Gasteiger partial charge in [0.2, 0.25) is 10.0 Å². The number of fused-ring (bicyclic) bond motifs is 1. The van der Waals surface area contributed by atoms with E-state index in [0.29, 0.717) is 0 Å². The van der Waals surface area contributed by atoms with Gasteiger partial charge < -0.3 is 0 Å². The molecular formula is C11H15NO2S. The monoisotopic (exact) mass is 225 g/mol. The summed E-state index contributed by atoms with van der Waals surface area (Å²) in [6.45, 7) is 0. The van der Waals surface area contributed by atoms with Gasteiger partial charge in [0.15, 0.2) is 0 Å². The molecule has 82 valence electrons. The second kappa shape index (κ2) is 3.94. The Morgan fingerprint density at radius 3 is 2.80 bits per heavy atom. The highest BCUT2D eigenvalue weighted by Gasteiger charge is 2.23. The normalized spacial score (nSPS) is 21.0. The zero-order valence-corrected chi connectivity index (χ0v) is 9.33. The Morgan fingerprint density at radius 2 is 2.07 bits per heavy atom. The van der Waals surface area contributed by atoms with Crippen LogP contribution in [0.3, 0.4) is 0 Å². The molecule has 0 heterocycles. The molecule has 2 N–H and O–H groups in total. The van der Waals surface area contributed by atoms with Crippen molar-refractivity contribution >= 4 is 10.0 Å². The molecule has 1 aliphatic carbocycles. The van der Waals surface area contributed by atoms with Gasteiger partial charge in [-0.1, -0.05) is 24.3 Å². The lowest BCUT2D eigenvalue weighted by molar-refractivity contribution is 0.560. The van der Waals surface area contributed by atoms with E-state index in [2.05, 4.69) is 6.07 Å². The van der Waals surface area contributed by atoms with Crippen LogP contribution in [0.4, 0.5) is 0 Å². The maximum Gasteiger partial charge on any atom is 0.209 e. The first kappa shape index (κ1) is 10.6. The lowest BCUT2D eigenvalue weighted by atomic mass is 9.84. The summed E-state index contributed by atoms with van der Waals surface area (Å²) in [7, 11) is -3.37. The summed E-state index contributed by atoms with van der Waals surface area (Å²) in [4.78, 5) is 0. The zero-order valence-electron chi connectivity index (χ0n) is 8.52. The molecule has 1 unspecified atom stereocenters. The topological polar surface area (TPSA) is 60.2 Å². The molecule has 0 spiro atoms.